The lowest BCUT2D eigenvalue weighted by Crippen LogP contribution is -2.25. The molecule has 1 aromatic carbocycles. The third-order valence-electron chi connectivity index (χ3n) is 3.51. The van der Waals surface area contributed by atoms with Gasteiger partial charge < -0.3 is 10.1 Å². The number of ether oxygens (including phenoxy) is 1. The van der Waals surface area contributed by atoms with E-state index in [-0.39, 0.29) is 0 Å². The van der Waals surface area contributed by atoms with Crippen molar-refractivity contribution in [2.45, 2.75) is 44.8 Å². The van der Waals surface area contributed by atoms with Crippen molar-refractivity contribution in [3.63, 3.8) is 0 Å². The molecule has 1 N–H and O–H groups in total. The summed E-state index contributed by atoms with van der Waals surface area (Å²) < 4.78 is 5.83. The van der Waals surface area contributed by atoms with Crippen LogP contribution in [0.3, 0.4) is 0 Å². The fraction of sp³-hybridized carbons (Fsp3) is 0.600. The predicted octanol–water partition coefficient (Wildman–Crippen LogP) is 3.30. The molecule has 1 aliphatic carbocycles. The second-order valence-electron chi connectivity index (χ2n) is 4.86. The summed E-state index contributed by atoms with van der Waals surface area (Å²) in [6.07, 6.45) is 5.74. The monoisotopic (exact) mass is 233 g/mol. The third-order valence-corrected chi connectivity index (χ3v) is 3.51. The largest absolute Gasteiger partial charge is 0.377 e. The molecular formula is C15H23NO. The van der Waals surface area contributed by atoms with Crippen LogP contribution in [-0.2, 0) is 4.74 Å². The van der Waals surface area contributed by atoms with Crippen LogP contribution in [0, 0.1) is 0 Å². The molecule has 2 nitrogen and oxygen atoms in total. The molecule has 0 amide bonds. The maximum Gasteiger partial charge on any atom is 0.0594 e. The van der Waals surface area contributed by atoms with Gasteiger partial charge in [0, 0.05) is 12.6 Å². The third kappa shape index (κ3) is 4.14. The van der Waals surface area contributed by atoms with E-state index in [0.29, 0.717) is 12.1 Å². The van der Waals surface area contributed by atoms with Crippen LogP contribution in [0.4, 0.5) is 0 Å². The van der Waals surface area contributed by atoms with Crippen molar-refractivity contribution >= 4 is 0 Å². The van der Waals surface area contributed by atoms with Gasteiger partial charge in [-0.05, 0) is 25.3 Å². The van der Waals surface area contributed by atoms with E-state index in [1.807, 2.05) is 0 Å². The summed E-state index contributed by atoms with van der Waals surface area (Å²) in [5.41, 5.74) is 1.34. The highest BCUT2D eigenvalue weighted by molar-refractivity contribution is 5.17. The van der Waals surface area contributed by atoms with Crippen molar-refractivity contribution in [1.29, 1.82) is 0 Å². The Morgan fingerprint density at radius 3 is 2.65 bits per heavy atom. The highest BCUT2D eigenvalue weighted by Gasteiger charge is 2.14. The maximum atomic E-state index is 5.83. The lowest BCUT2D eigenvalue weighted by molar-refractivity contribution is 0.0593. The van der Waals surface area contributed by atoms with Crippen LogP contribution in [-0.4, -0.2) is 19.3 Å². The minimum atomic E-state index is 0.406. The lowest BCUT2D eigenvalue weighted by atomic mass is 10.1. The van der Waals surface area contributed by atoms with Crippen LogP contribution in [0.25, 0.3) is 0 Å². The van der Waals surface area contributed by atoms with E-state index in [1.165, 1.54) is 31.2 Å². The van der Waals surface area contributed by atoms with Gasteiger partial charge in [0.05, 0.1) is 12.7 Å². The van der Waals surface area contributed by atoms with Crippen molar-refractivity contribution in [2.75, 3.05) is 13.2 Å². The van der Waals surface area contributed by atoms with E-state index in [2.05, 4.69) is 42.6 Å². The van der Waals surface area contributed by atoms with E-state index >= 15 is 0 Å². The number of rotatable bonds is 6. The molecule has 0 bridgehead atoms. The van der Waals surface area contributed by atoms with Crippen molar-refractivity contribution in [2.24, 2.45) is 0 Å². The Morgan fingerprint density at radius 1 is 1.24 bits per heavy atom. The van der Waals surface area contributed by atoms with Gasteiger partial charge in [-0.3, -0.25) is 0 Å². The van der Waals surface area contributed by atoms with E-state index in [9.17, 15) is 0 Å². The Morgan fingerprint density at radius 2 is 1.94 bits per heavy atom. The number of nitrogens with one attached hydrogen (secondary N) is 1. The van der Waals surface area contributed by atoms with Crippen LogP contribution in [0.2, 0.25) is 0 Å². The van der Waals surface area contributed by atoms with E-state index < -0.39 is 0 Å². The molecule has 17 heavy (non-hydrogen) atoms. The molecular weight excluding hydrogens is 210 g/mol. The molecule has 0 spiro atoms. The smallest absolute Gasteiger partial charge is 0.0594 e. The summed E-state index contributed by atoms with van der Waals surface area (Å²) in [4.78, 5) is 0. The van der Waals surface area contributed by atoms with E-state index in [4.69, 9.17) is 4.74 Å². The first kappa shape index (κ1) is 12.6. The molecule has 0 heterocycles. The highest BCUT2D eigenvalue weighted by Crippen LogP contribution is 2.20. The average molecular weight is 233 g/mol. The van der Waals surface area contributed by atoms with Gasteiger partial charge in [0.1, 0.15) is 0 Å². The van der Waals surface area contributed by atoms with Gasteiger partial charge in [-0.2, -0.15) is 0 Å². The Kier molecular flexibility index (Phi) is 5.02. The molecule has 2 heteroatoms. The molecule has 94 valence electrons. The Bertz CT molecular complexity index is 306. The van der Waals surface area contributed by atoms with Crippen molar-refractivity contribution in [3.05, 3.63) is 35.9 Å². The molecule has 0 saturated heterocycles. The van der Waals surface area contributed by atoms with Gasteiger partial charge in [-0.15, -0.1) is 0 Å². The molecule has 1 atom stereocenters. The summed E-state index contributed by atoms with van der Waals surface area (Å²) in [5, 5.41) is 3.50. The predicted molar refractivity (Wildman–Crippen MR) is 71.1 cm³/mol. The van der Waals surface area contributed by atoms with Gasteiger partial charge in [-0.1, -0.05) is 43.2 Å². The standard InChI is InChI=1S/C15H23NO/c1-13(14-7-3-2-4-8-14)16-11-12-17-15-9-5-6-10-15/h2-4,7-8,13,15-16H,5-6,9-12H2,1H3. The first-order valence-corrected chi connectivity index (χ1v) is 6.76. The summed E-state index contributed by atoms with van der Waals surface area (Å²) in [6, 6.07) is 11.0. The first-order valence-electron chi connectivity index (χ1n) is 6.76. The second kappa shape index (κ2) is 6.77. The van der Waals surface area contributed by atoms with Crippen LogP contribution >= 0.6 is 0 Å². The summed E-state index contributed by atoms with van der Waals surface area (Å²) >= 11 is 0. The quantitative estimate of drug-likeness (QED) is 0.761. The summed E-state index contributed by atoms with van der Waals surface area (Å²) in [6.45, 7) is 3.97. The number of hydrogen-bond donors (Lipinski definition) is 1. The molecule has 1 unspecified atom stereocenters. The Balaban J connectivity index is 1.61. The normalized spacial score (nSPS) is 18.4. The topological polar surface area (TPSA) is 21.3 Å². The molecule has 0 aliphatic heterocycles. The Hall–Kier alpha value is -0.860. The van der Waals surface area contributed by atoms with Crippen molar-refractivity contribution in [3.8, 4) is 0 Å². The van der Waals surface area contributed by atoms with Gasteiger partial charge >= 0.3 is 0 Å². The zero-order valence-corrected chi connectivity index (χ0v) is 10.7. The van der Waals surface area contributed by atoms with Gasteiger partial charge in [-0.25, -0.2) is 0 Å². The average Bonchev–Trinajstić information content (AvgIpc) is 2.88. The lowest BCUT2D eigenvalue weighted by Gasteiger charge is -2.16. The number of benzene rings is 1. The maximum absolute atomic E-state index is 5.83. The van der Waals surface area contributed by atoms with Crippen LogP contribution in [0.5, 0.6) is 0 Å². The molecule has 1 aliphatic rings. The van der Waals surface area contributed by atoms with Crippen LogP contribution in [0.15, 0.2) is 30.3 Å². The van der Waals surface area contributed by atoms with E-state index in [1.54, 1.807) is 0 Å². The van der Waals surface area contributed by atoms with E-state index in [0.717, 1.165) is 13.2 Å². The SMILES string of the molecule is CC(NCCOC1CCCC1)c1ccccc1. The van der Waals surface area contributed by atoms with Crippen LogP contribution in [0.1, 0.15) is 44.2 Å². The fourth-order valence-electron chi connectivity index (χ4n) is 2.42. The molecule has 0 radical (unpaired) electrons. The van der Waals surface area contributed by atoms with Gasteiger partial charge in [0.25, 0.3) is 0 Å². The van der Waals surface area contributed by atoms with Crippen molar-refractivity contribution in [1.82, 2.24) is 5.32 Å². The molecule has 2 rings (SSSR count). The minimum Gasteiger partial charge on any atom is -0.377 e. The Labute approximate surface area is 104 Å². The van der Waals surface area contributed by atoms with Crippen molar-refractivity contribution < 1.29 is 4.74 Å². The molecule has 1 fully saturated rings. The summed E-state index contributed by atoms with van der Waals surface area (Å²) in [7, 11) is 0. The fourth-order valence-corrected chi connectivity index (χ4v) is 2.42. The summed E-state index contributed by atoms with van der Waals surface area (Å²) in [5.74, 6) is 0. The van der Waals surface area contributed by atoms with Crippen LogP contribution < -0.4 is 5.32 Å². The van der Waals surface area contributed by atoms with Gasteiger partial charge in [0.15, 0.2) is 0 Å². The second-order valence-corrected chi connectivity index (χ2v) is 4.86. The first-order chi connectivity index (χ1) is 8.36. The molecule has 0 aromatic heterocycles. The highest BCUT2D eigenvalue weighted by atomic mass is 16.5. The minimum absolute atomic E-state index is 0.406. The number of hydrogen-bond acceptors (Lipinski definition) is 2. The molecule has 1 saturated carbocycles. The zero-order chi connectivity index (χ0) is 11.9. The molecule has 1 aromatic rings. The van der Waals surface area contributed by atoms with Gasteiger partial charge in [0.2, 0.25) is 0 Å². The zero-order valence-electron chi connectivity index (χ0n) is 10.7.